The van der Waals surface area contributed by atoms with Crippen LogP contribution in [0.5, 0.6) is 0 Å². The molecule has 1 aliphatic carbocycles. The van der Waals surface area contributed by atoms with Crippen molar-refractivity contribution in [3.8, 4) is 0 Å². The molecule has 20 heavy (non-hydrogen) atoms. The van der Waals surface area contributed by atoms with Gasteiger partial charge in [-0.25, -0.2) is 0 Å². The van der Waals surface area contributed by atoms with Gasteiger partial charge in [-0.3, -0.25) is 4.79 Å². The normalized spacial score (nSPS) is 25.6. The minimum absolute atomic E-state index is 0.154. The fourth-order valence-corrected chi connectivity index (χ4v) is 2.58. The SMILES string of the molecule is CC(C)CNC(=O)C(C)NC1CCCCC1C(F)(F)F. The summed E-state index contributed by atoms with van der Waals surface area (Å²) >= 11 is 0. The maximum atomic E-state index is 13.0. The van der Waals surface area contributed by atoms with Crippen molar-refractivity contribution in [2.24, 2.45) is 11.8 Å². The Morgan fingerprint density at radius 1 is 1.20 bits per heavy atom. The molecule has 0 heterocycles. The van der Waals surface area contributed by atoms with Crippen LogP contribution in [-0.4, -0.2) is 30.7 Å². The van der Waals surface area contributed by atoms with Crippen LogP contribution in [-0.2, 0) is 4.79 Å². The molecule has 0 aliphatic heterocycles. The first-order valence-electron chi connectivity index (χ1n) is 7.32. The number of hydrogen-bond acceptors (Lipinski definition) is 2. The lowest BCUT2D eigenvalue weighted by atomic mass is 9.83. The summed E-state index contributed by atoms with van der Waals surface area (Å²) in [5.74, 6) is -1.24. The van der Waals surface area contributed by atoms with Gasteiger partial charge in [0.15, 0.2) is 0 Å². The molecule has 1 amide bonds. The molecule has 3 atom stereocenters. The van der Waals surface area contributed by atoms with Crippen molar-refractivity contribution in [1.82, 2.24) is 10.6 Å². The predicted molar refractivity (Wildman–Crippen MR) is 72.2 cm³/mol. The fourth-order valence-electron chi connectivity index (χ4n) is 2.58. The number of nitrogens with one attached hydrogen (secondary N) is 2. The van der Waals surface area contributed by atoms with Crippen molar-refractivity contribution in [2.75, 3.05) is 6.54 Å². The van der Waals surface area contributed by atoms with Crippen molar-refractivity contribution in [3.63, 3.8) is 0 Å². The smallest absolute Gasteiger partial charge is 0.354 e. The summed E-state index contributed by atoms with van der Waals surface area (Å²) in [5.41, 5.74) is 0. The molecule has 0 radical (unpaired) electrons. The highest BCUT2D eigenvalue weighted by molar-refractivity contribution is 5.81. The molecule has 6 heteroatoms. The molecule has 0 aromatic heterocycles. The Bertz CT molecular complexity index is 318. The quantitative estimate of drug-likeness (QED) is 0.818. The molecule has 0 spiro atoms. The van der Waals surface area contributed by atoms with E-state index >= 15 is 0 Å². The van der Waals surface area contributed by atoms with E-state index in [2.05, 4.69) is 10.6 Å². The molecule has 3 unspecified atom stereocenters. The van der Waals surface area contributed by atoms with E-state index < -0.39 is 24.2 Å². The maximum Gasteiger partial charge on any atom is 0.393 e. The number of alkyl halides is 3. The standard InChI is InChI=1S/C14H25F3N2O/c1-9(2)8-18-13(20)10(3)19-12-7-5-4-6-11(12)14(15,16)17/h9-12,19H,4-8H2,1-3H3,(H,18,20). The van der Waals surface area contributed by atoms with Gasteiger partial charge in [0.2, 0.25) is 5.91 Å². The van der Waals surface area contributed by atoms with E-state index in [0.29, 0.717) is 25.3 Å². The van der Waals surface area contributed by atoms with Gasteiger partial charge in [-0.15, -0.1) is 0 Å². The second kappa shape index (κ2) is 7.29. The molecule has 0 aromatic rings. The van der Waals surface area contributed by atoms with E-state index in [-0.39, 0.29) is 12.3 Å². The summed E-state index contributed by atoms with van der Waals surface area (Å²) in [7, 11) is 0. The Hall–Kier alpha value is -0.780. The second-order valence-electron chi connectivity index (χ2n) is 6.07. The third-order valence-electron chi connectivity index (χ3n) is 3.73. The van der Waals surface area contributed by atoms with E-state index in [1.807, 2.05) is 13.8 Å². The molecular formula is C14H25F3N2O. The summed E-state index contributed by atoms with van der Waals surface area (Å²) in [4.78, 5) is 11.8. The van der Waals surface area contributed by atoms with Gasteiger partial charge in [0.1, 0.15) is 0 Å². The van der Waals surface area contributed by atoms with Crippen LogP contribution in [0.25, 0.3) is 0 Å². The molecule has 0 bridgehead atoms. The minimum Gasteiger partial charge on any atom is -0.354 e. The van der Waals surface area contributed by atoms with E-state index in [1.54, 1.807) is 6.92 Å². The maximum absolute atomic E-state index is 13.0. The van der Waals surface area contributed by atoms with Gasteiger partial charge in [-0.2, -0.15) is 13.2 Å². The summed E-state index contributed by atoms with van der Waals surface area (Å²) in [5, 5.41) is 5.61. The van der Waals surface area contributed by atoms with Crippen LogP contribution in [0, 0.1) is 11.8 Å². The molecule has 118 valence electrons. The molecule has 1 fully saturated rings. The van der Waals surface area contributed by atoms with Gasteiger partial charge in [0.25, 0.3) is 0 Å². The topological polar surface area (TPSA) is 41.1 Å². The van der Waals surface area contributed by atoms with Crippen LogP contribution in [0.3, 0.4) is 0 Å². The first kappa shape index (κ1) is 17.3. The van der Waals surface area contributed by atoms with Crippen molar-refractivity contribution in [3.05, 3.63) is 0 Å². The highest BCUT2D eigenvalue weighted by Gasteiger charge is 2.45. The van der Waals surface area contributed by atoms with Crippen molar-refractivity contribution in [1.29, 1.82) is 0 Å². The first-order chi connectivity index (χ1) is 9.21. The van der Waals surface area contributed by atoms with Crippen LogP contribution >= 0.6 is 0 Å². The zero-order valence-electron chi connectivity index (χ0n) is 12.4. The first-order valence-corrected chi connectivity index (χ1v) is 7.32. The lowest BCUT2D eigenvalue weighted by molar-refractivity contribution is -0.189. The number of halogens is 3. The van der Waals surface area contributed by atoms with E-state index in [0.717, 1.165) is 6.42 Å². The number of carbonyl (C=O) groups is 1. The lowest BCUT2D eigenvalue weighted by Gasteiger charge is -2.35. The highest BCUT2D eigenvalue weighted by Crippen LogP contribution is 2.37. The van der Waals surface area contributed by atoms with Crippen LogP contribution in [0.15, 0.2) is 0 Å². The zero-order valence-corrected chi connectivity index (χ0v) is 12.4. The number of hydrogen-bond donors (Lipinski definition) is 2. The Labute approximate surface area is 118 Å². The van der Waals surface area contributed by atoms with E-state index in [4.69, 9.17) is 0 Å². The molecule has 1 aliphatic rings. The Morgan fingerprint density at radius 2 is 1.80 bits per heavy atom. The van der Waals surface area contributed by atoms with E-state index in [9.17, 15) is 18.0 Å². The number of carbonyl (C=O) groups excluding carboxylic acids is 1. The second-order valence-corrected chi connectivity index (χ2v) is 6.07. The van der Waals surface area contributed by atoms with Gasteiger partial charge in [0, 0.05) is 12.6 Å². The summed E-state index contributed by atoms with van der Waals surface area (Å²) < 4.78 is 38.9. The molecular weight excluding hydrogens is 269 g/mol. The third-order valence-corrected chi connectivity index (χ3v) is 3.73. The van der Waals surface area contributed by atoms with Gasteiger partial charge >= 0.3 is 6.18 Å². The molecule has 3 nitrogen and oxygen atoms in total. The van der Waals surface area contributed by atoms with Crippen LogP contribution in [0.2, 0.25) is 0 Å². The lowest BCUT2D eigenvalue weighted by Crippen LogP contribution is -2.53. The van der Waals surface area contributed by atoms with Crippen molar-refractivity contribution >= 4 is 5.91 Å². The Kier molecular flexibility index (Phi) is 6.30. The van der Waals surface area contributed by atoms with Crippen LogP contribution in [0.4, 0.5) is 13.2 Å². The fraction of sp³-hybridized carbons (Fsp3) is 0.929. The molecule has 2 N–H and O–H groups in total. The van der Waals surface area contributed by atoms with Crippen LogP contribution in [0.1, 0.15) is 46.5 Å². The largest absolute Gasteiger partial charge is 0.393 e. The Balaban J connectivity index is 2.53. The van der Waals surface area contributed by atoms with Gasteiger partial charge < -0.3 is 10.6 Å². The van der Waals surface area contributed by atoms with Gasteiger partial charge in [-0.1, -0.05) is 26.7 Å². The molecule has 0 saturated heterocycles. The van der Waals surface area contributed by atoms with Crippen LogP contribution < -0.4 is 10.6 Å². The molecule has 0 aromatic carbocycles. The van der Waals surface area contributed by atoms with Gasteiger partial charge in [-0.05, 0) is 25.7 Å². The highest BCUT2D eigenvalue weighted by atomic mass is 19.4. The minimum atomic E-state index is -4.19. The Morgan fingerprint density at radius 3 is 2.35 bits per heavy atom. The molecule has 1 rings (SSSR count). The summed E-state index contributed by atoms with van der Waals surface area (Å²) in [6.45, 7) is 6.11. The number of rotatable bonds is 5. The van der Waals surface area contributed by atoms with E-state index in [1.165, 1.54) is 0 Å². The van der Waals surface area contributed by atoms with Crippen molar-refractivity contribution in [2.45, 2.75) is 64.7 Å². The van der Waals surface area contributed by atoms with Gasteiger partial charge in [0.05, 0.1) is 12.0 Å². The summed E-state index contributed by atoms with van der Waals surface area (Å²) in [6, 6.07) is -1.25. The zero-order chi connectivity index (χ0) is 15.3. The summed E-state index contributed by atoms with van der Waals surface area (Å²) in [6.07, 6.45) is -2.17. The van der Waals surface area contributed by atoms with Crippen molar-refractivity contribution < 1.29 is 18.0 Å². The number of amides is 1. The monoisotopic (exact) mass is 294 g/mol. The predicted octanol–water partition coefficient (Wildman–Crippen LogP) is 2.86. The third kappa shape index (κ3) is 5.31. The average Bonchev–Trinajstić information content (AvgIpc) is 2.35. The average molecular weight is 294 g/mol. The molecule has 1 saturated carbocycles.